The molecule has 5 heteroatoms. The van der Waals surface area contributed by atoms with Gasteiger partial charge >= 0.3 is 6.09 Å². The van der Waals surface area contributed by atoms with Crippen LogP contribution >= 0.6 is 0 Å². The van der Waals surface area contributed by atoms with E-state index in [4.69, 9.17) is 9.47 Å². The average molecular weight is 306 g/mol. The molecule has 0 spiro atoms. The topological polar surface area (TPSA) is 51.7 Å². The van der Waals surface area contributed by atoms with Crippen molar-refractivity contribution in [3.63, 3.8) is 0 Å². The quantitative estimate of drug-likeness (QED) is 0.838. The first-order valence-electron chi connectivity index (χ1n) is 7.83. The molecule has 0 bridgehead atoms. The highest BCUT2D eigenvalue weighted by Gasteiger charge is 2.33. The van der Waals surface area contributed by atoms with Crippen LogP contribution in [0.15, 0.2) is 18.3 Å². The minimum atomic E-state index is -0.483. The molecule has 1 aliphatic rings. The third-order valence-corrected chi connectivity index (χ3v) is 3.64. The van der Waals surface area contributed by atoms with E-state index in [-0.39, 0.29) is 18.2 Å². The summed E-state index contributed by atoms with van der Waals surface area (Å²) >= 11 is 0. The Labute approximate surface area is 132 Å². The minimum Gasteiger partial charge on any atom is -0.472 e. The van der Waals surface area contributed by atoms with Gasteiger partial charge < -0.3 is 14.4 Å². The van der Waals surface area contributed by atoms with Crippen molar-refractivity contribution in [2.45, 2.75) is 65.2 Å². The van der Waals surface area contributed by atoms with Crippen molar-refractivity contribution in [1.82, 2.24) is 9.88 Å². The van der Waals surface area contributed by atoms with E-state index < -0.39 is 5.60 Å². The average Bonchev–Trinajstić information content (AvgIpc) is 2.39. The van der Waals surface area contributed by atoms with Crippen LogP contribution in [-0.4, -0.2) is 40.3 Å². The lowest BCUT2D eigenvalue weighted by Crippen LogP contribution is -2.50. The van der Waals surface area contributed by atoms with Crippen LogP contribution in [0.1, 0.15) is 46.1 Å². The molecule has 1 aromatic rings. The van der Waals surface area contributed by atoms with Crippen molar-refractivity contribution < 1.29 is 14.3 Å². The third kappa shape index (κ3) is 4.61. The van der Waals surface area contributed by atoms with Crippen molar-refractivity contribution in [2.24, 2.45) is 0 Å². The summed E-state index contributed by atoms with van der Waals surface area (Å²) in [5.41, 5.74) is 0.626. The molecule has 0 saturated carbocycles. The van der Waals surface area contributed by atoms with Crippen molar-refractivity contribution in [2.75, 3.05) is 6.54 Å². The molecule has 0 aromatic carbocycles. The van der Waals surface area contributed by atoms with Gasteiger partial charge in [-0.2, -0.15) is 0 Å². The van der Waals surface area contributed by atoms with Crippen molar-refractivity contribution in [3.05, 3.63) is 23.9 Å². The fourth-order valence-corrected chi connectivity index (χ4v) is 2.49. The van der Waals surface area contributed by atoms with Gasteiger partial charge in [0.05, 0.1) is 6.54 Å². The number of piperidine rings is 1. The molecule has 1 aliphatic heterocycles. The second-order valence-corrected chi connectivity index (χ2v) is 6.97. The van der Waals surface area contributed by atoms with Gasteiger partial charge in [-0.15, -0.1) is 0 Å². The summed E-state index contributed by atoms with van der Waals surface area (Å²) in [5, 5.41) is 0. The summed E-state index contributed by atoms with van der Waals surface area (Å²) in [7, 11) is 0. The SMILES string of the molecule is Cc1ccnc(O[C@@H]2CC[C@@H](C)N(C(=O)OC(C)(C)C)C2)c1. The maximum absolute atomic E-state index is 12.3. The molecule has 1 fully saturated rings. The molecule has 1 amide bonds. The van der Waals surface area contributed by atoms with E-state index in [0.717, 1.165) is 18.4 Å². The molecule has 0 aliphatic carbocycles. The van der Waals surface area contributed by atoms with Gasteiger partial charge in [-0.3, -0.25) is 0 Å². The van der Waals surface area contributed by atoms with E-state index >= 15 is 0 Å². The summed E-state index contributed by atoms with van der Waals surface area (Å²) in [4.78, 5) is 18.3. The number of rotatable bonds is 2. The van der Waals surface area contributed by atoms with Crippen LogP contribution in [-0.2, 0) is 4.74 Å². The first kappa shape index (κ1) is 16.6. The third-order valence-electron chi connectivity index (χ3n) is 3.64. The van der Waals surface area contributed by atoms with E-state index in [1.807, 2.05) is 46.8 Å². The maximum Gasteiger partial charge on any atom is 0.410 e. The Morgan fingerprint density at radius 2 is 2.09 bits per heavy atom. The van der Waals surface area contributed by atoms with Crippen LogP contribution < -0.4 is 4.74 Å². The van der Waals surface area contributed by atoms with E-state index in [9.17, 15) is 4.79 Å². The number of pyridine rings is 1. The normalized spacial score (nSPS) is 22.3. The number of likely N-dealkylation sites (tertiary alicyclic amines) is 1. The monoisotopic (exact) mass is 306 g/mol. The zero-order chi connectivity index (χ0) is 16.3. The molecule has 1 aromatic heterocycles. The molecule has 122 valence electrons. The molecular formula is C17H26N2O3. The number of aromatic nitrogens is 1. The summed E-state index contributed by atoms with van der Waals surface area (Å²) in [6.45, 7) is 10.2. The van der Waals surface area contributed by atoms with Gasteiger partial charge in [-0.25, -0.2) is 9.78 Å². The minimum absolute atomic E-state index is 0.0435. The van der Waals surface area contributed by atoms with Crippen LogP contribution in [0.25, 0.3) is 0 Å². The standard InChI is InChI=1S/C17H26N2O3/c1-12-8-9-18-15(10-12)21-14-7-6-13(2)19(11-14)16(20)22-17(3,4)5/h8-10,13-14H,6-7,11H2,1-5H3/t13-,14-/m1/s1. The number of hydrogen-bond donors (Lipinski definition) is 0. The van der Waals surface area contributed by atoms with Crippen molar-refractivity contribution >= 4 is 6.09 Å². The Morgan fingerprint density at radius 3 is 2.73 bits per heavy atom. The highest BCUT2D eigenvalue weighted by Crippen LogP contribution is 2.23. The highest BCUT2D eigenvalue weighted by molar-refractivity contribution is 5.68. The molecule has 0 unspecified atom stereocenters. The van der Waals surface area contributed by atoms with E-state index in [1.165, 1.54) is 0 Å². The Kier molecular flexibility index (Phi) is 4.94. The van der Waals surface area contributed by atoms with Crippen LogP contribution in [0.3, 0.4) is 0 Å². The first-order valence-corrected chi connectivity index (χ1v) is 7.83. The van der Waals surface area contributed by atoms with E-state index in [0.29, 0.717) is 12.4 Å². The zero-order valence-corrected chi connectivity index (χ0v) is 14.1. The van der Waals surface area contributed by atoms with Crippen molar-refractivity contribution in [3.8, 4) is 5.88 Å². The summed E-state index contributed by atoms with van der Waals surface area (Å²) < 4.78 is 11.4. The van der Waals surface area contributed by atoms with E-state index in [1.54, 1.807) is 11.1 Å². The van der Waals surface area contributed by atoms with Crippen LogP contribution in [0.5, 0.6) is 5.88 Å². The molecular weight excluding hydrogens is 280 g/mol. The lowest BCUT2D eigenvalue weighted by molar-refractivity contribution is -0.00598. The number of carbonyl (C=O) groups excluding carboxylic acids is 1. The maximum atomic E-state index is 12.3. The highest BCUT2D eigenvalue weighted by atomic mass is 16.6. The molecule has 2 atom stereocenters. The molecule has 0 radical (unpaired) electrons. The summed E-state index contributed by atoms with van der Waals surface area (Å²) in [6, 6.07) is 4.01. The Balaban J connectivity index is 2.00. The van der Waals surface area contributed by atoms with Crippen LogP contribution in [0, 0.1) is 6.92 Å². The predicted octanol–water partition coefficient (Wildman–Crippen LogP) is 3.56. The fourth-order valence-electron chi connectivity index (χ4n) is 2.49. The van der Waals surface area contributed by atoms with Gasteiger partial charge in [-0.1, -0.05) is 0 Å². The Hall–Kier alpha value is -1.78. The largest absolute Gasteiger partial charge is 0.472 e. The van der Waals surface area contributed by atoms with Crippen LogP contribution in [0.4, 0.5) is 4.79 Å². The van der Waals surface area contributed by atoms with Gasteiger partial charge in [0.2, 0.25) is 5.88 Å². The Morgan fingerprint density at radius 1 is 1.36 bits per heavy atom. The lowest BCUT2D eigenvalue weighted by Gasteiger charge is -2.38. The smallest absolute Gasteiger partial charge is 0.410 e. The molecule has 0 N–H and O–H groups in total. The molecule has 5 nitrogen and oxygen atoms in total. The van der Waals surface area contributed by atoms with Gasteiger partial charge in [0.15, 0.2) is 0 Å². The first-order chi connectivity index (χ1) is 10.2. The Bertz CT molecular complexity index is 525. The predicted molar refractivity (Wildman–Crippen MR) is 85.0 cm³/mol. The number of hydrogen-bond acceptors (Lipinski definition) is 4. The van der Waals surface area contributed by atoms with Gasteiger partial charge in [0.1, 0.15) is 11.7 Å². The van der Waals surface area contributed by atoms with Gasteiger partial charge in [-0.05, 0) is 59.1 Å². The van der Waals surface area contributed by atoms with Gasteiger partial charge in [0, 0.05) is 18.3 Å². The molecule has 1 saturated heterocycles. The molecule has 2 heterocycles. The summed E-state index contributed by atoms with van der Waals surface area (Å²) in [6.07, 6.45) is 3.23. The van der Waals surface area contributed by atoms with Gasteiger partial charge in [0.25, 0.3) is 0 Å². The van der Waals surface area contributed by atoms with Crippen LogP contribution in [0.2, 0.25) is 0 Å². The fraction of sp³-hybridized carbons (Fsp3) is 0.647. The number of ether oxygens (including phenoxy) is 2. The van der Waals surface area contributed by atoms with E-state index in [2.05, 4.69) is 4.98 Å². The lowest BCUT2D eigenvalue weighted by atomic mass is 10.0. The zero-order valence-electron chi connectivity index (χ0n) is 14.1. The molecule has 22 heavy (non-hydrogen) atoms. The number of carbonyl (C=O) groups is 1. The number of amides is 1. The number of aryl methyl sites for hydroxylation is 1. The summed E-state index contributed by atoms with van der Waals surface area (Å²) in [5.74, 6) is 0.615. The number of nitrogens with zero attached hydrogens (tertiary/aromatic N) is 2. The van der Waals surface area contributed by atoms with Crippen molar-refractivity contribution in [1.29, 1.82) is 0 Å². The second-order valence-electron chi connectivity index (χ2n) is 6.97. The molecule has 2 rings (SSSR count). The second kappa shape index (κ2) is 6.55.